The Bertz CT molecular complexity index is 396. The number of carbonyl (C=O) groups is 1. The lowest BCUT2D eigenvalue weighted by atomic mass is 9.80. The molecule has 1 saturated heterocycles. The van der Waals surface area contributed by atoms with E-state index in [1.54, 1.807) is 7.11 Å². The van der Waals surface area contributed by atoms with Crippen LogP contribution in [0.3, 0.4) is 0 Å². The fraction of sp³-hybridized carbons (Fsp3) is 0.952. The normalized spacial score (nSPS) is 28.0. The molecule has 1 amide bonds. The number of aliphatic hydroxyl groups is 1. The van der Waals surface area contributed by atoms with Gasteiger partial charge in [-0.3, -0.25) is 4.79 Å². The van der Waals surface area contributed by atoms with Crippen LogP contribution < -0.4 is 0 Å². The number of hydrogen-bond donors (Lipinski definition) is 1. The van der Waals surface area contributed by atoms with Crippen molar-refractivity contribution in [3.8, 4) is 0 Å². The van der Waals surface area contributed by atoms with Crippen molar-refractivity contribution in [1.82, 2.24) is 9.80 Å². The Morgan fingerprint density at radius 1 is 1.08 bits per heavy atom. The van der Waals surface area contributed by atoms with Gasteiger partial charge in [0.15, 0.2) is 0 Å². The number of nitrogens with zero attached hydrogens (tertiary/aromatic N) is 2. The summed E-state index contributed by atoms with van der Waals surface area (Å²) in [4.78, 5) is 17.0. The van der Waals surface area contributed by atoms with Crippen LogP contribution in [-0.4, -0.2) is 72.4 Å². The Balaban J connectivity index is 0.000000552. The molecule has 152 valence electrons. The van der Waals surface area contributed by atoms with Gasteiger partial charge < -0.3 is 19.6 Å². The molecule has 0 spiro atoms. The van der Waals surface area contributed by atoms with Gasteiger partial charge in [0.1, 0.15) is 6.61 Å². The minimum atomic E-state index is -0.323. The number of piperidine rings is 1. The van der Waals surface area contributed by atoms with Gasteiger partial charge in [0.25, 0.3) is 0 Å². The van der Waals surface area contributed by atoms with Crippen molar-refractivity contribution < 1.29 is 14.6 Å². The predicted octanol–water partition coefficient (Wildman–Crippen LogP) is 3.06. The molecule has 0 radical (unpaired) electrons. The molecule has 2 aliphatic carbocycles. The lowest BCUT2D eigenvalue weighted by molar-refractivity contribution is -0.141. The second-order valence-corrected chi connectivity index (χ2v) is 8.33. The molecular formula is C21H40N2O3. The standard InChI is InChI=1S/C18H32N2O2.C3H8O/c1-14-11-17(12-14)19-9-7-16(8-10-19)20(18(22)13-21)15-5-3-2-4-6-15;1-3-4-2/h14-17,21H,2-13H2,1H3;3H2,1-2H3. The number of likely N-dealkylation sites (tertiary alicyclic amines) is 1. The van der Waals surface area contributed by atoms with Gasteiger partial charge >= 0.3 is 0 Å². The Kier molecular flexibility index (Phi) is 9.37. The van der Waals surface area contributed by atoms with Gasteiger partial charge in [-0.15, -0.1) is 0 Å². The van der Waals surface area contributed by atoms with Crippen molar-refractivity contribution in [2.75, 3.05) is 33.4 Å². The van der Waals surface area contributed by atoms with E-state index in [1.165, 1.54) is 32.1 Å². The van der Waals surface area contributed by atoms with E-state index in [0.29, 0.717) is 12.1 Å². The van der Waals surface area contributed by atoms with E-state index in [1.807, 2.05) is 6.92 Å². The first-order valence-electron chi connectivity index (χ1n) is 10.8. The zero-order valence-electron chi connectivity index (χ0n) is 17.2. The highest BCUT2D eigenvalue weighted by Gasteiger charge is 2.37. The lowest BCUT2D eigenvalue weighted by Crippen LogP contribution is -2.55. The number of methoxy groups -OCH3 is 1. The molecule has 0 unspecified atom stereocenters. The van der Waals surface area contributed by atoms with Crippen LogP contribution in [-0.2, 0) is 9.53 Å². The van der Waals surface area contributed by atoms with Crippen LogP contribution >= 0.6 is 0 Å². The van der Waals surface area contributed by atoms with Crippen LogP contribution in [0.15, 0.2) is 0 Å². The van der Waals surface area contributed by atoms with Crippen molar-refractivity contribution in [2.45, 2.75) is 89.8 Å². The van der Waals surface area contributed by atoms with Gasteiger partial charge in [0.2, 0.25) is 5.91 Å². The summed E-state index contributed by atoms with van der Waals surface area (Å²) in [5.74, 6) is 0.861. The van der Waals surface area contributed by atoms with Crippen LogP contribution in [0, 0.1) is 5.92 Å². The van der Waals surface area contributed by atoms with E-state index in [9.17, 15) is 9.90 Å². The van der Waals surface area contributed by atoms with E-state index in [0.717, 1.165) is 57.3 Å². The van der Waals surface area contributed by atoms with Crippen molar-refractivity contribution in [1.29, 1.82) is 0 Å². The van der Waals surface area contributed by atoms with Crippen molar-refractivity contribution in [2.24, 2.45) is 5.92 Å². The van der Waals surface area contributed by atoms with E-state index in [4.69, 9.17) is 0 Å². The van der Waals surface area contributed by atoms with Crippen molar-refractivity contribution in [3.05, 3.63) is 0 Å². The number of rotatable bonds is 5. The zero-order valence-corrected chi connectivity index (χ0v) is 17.2. The molecule has 1 N–H and O–H groups in total. The molecule has 1 aliphatic heterocycles. The van der Waals surface area contributed by atoms with Gasteiger partial charge in [-0.25, -0.2) is 0 Å². The third-order valence-corrected chi connectivity index (χ3v) is 6.44. The summed E-state index contributed by atoms with van der Waals surface area (Å²) in [5.41, 5.74) is 0. The lowest BCUT2D eigenvalue weighted by Gasteiger charge is -2.48. The van der Waals surface area contributed by atoms with Gasteiger partial charge in [-0.05, 0) is 51.4 Å². The third-order valence-electron chi connectivity index (χ3n) is 6.44. The van der Waals surface area contributed by atoms with Crippen LogP contribution in [0.1, 0.15) is 71.6 Å². The maximum Gasteiger partial charge on any atom is 0.248 e. The Morgan fingerprint density at radius 2 is 1.62 bits per heavy atom. The summed E-state index contributed by atoms with van der Waals surface area (Å²) in [6.45, 7) is 7.05. The van der Waals surface area contributed by atoms with Gasteiger partial charge in [0, 0.05) is 44.9 Å². The van der Waals surface area contributed by atoms with Gasteiger partial charge in [-0.1, -0.05) is 26.2 Å². The largest absolute Gasteiger partial charge is 0.387 e. The number of hydrogen-bond acceptors (Lipinski definition) is 4. The number of carbonyl (C=O) groups excluding carboxylic acids is 1. The molecule has 3 rings (SSSR count). The first kappa shape index (κ1) is 21.6. The fourth-order valence-corrected chi connectivity index (χ4v) is 4.83. The van der Waals surface area contributed by atoms with Crippen molar-refractivity contribution in [3.63, 3.8) is 0 Å². The smallest absolute Gasteiger partial charge is 0.248 e. The minimum absolute atomic E-state index is 0.0392. The summed E-state index contributed by atoms with van der Waals surface area (Å²) >= 11 is 0. The molecule has 0 aromatic carbocycles. The maximum atomic E-state index is 12.3. The summed E-state index contributed by atoms with van der Waals surface area (Å²) in [6, 6.07) is 1.54. The minimum Gasteiger partial charge on any atom is -0.387 e. The molecule has 3 fully saturated rings. The molecule has 0 aromatic rings. The molecule has 1 heterocycles. The molecule has 26 heavy (non-hydrogen) atoms. The first-order chi connectivity index (χ1) is 12.6. The monoisotopic (exact) mass is 368 g/mol. The van der Waals surface area contributed by atoms with Crippen LogP contribution in [0.5, 0.6) is 0 Å². The predicted molar refractivity (Wildman–Crippen MR) is 105 cm³/mol. The Labute approximate surface area is 160 Å². The maximum absolute atomic E-state index is 12.3. The molecular weight excluding hydrogens is 328 g/mol. The zero-order chi connectivity index (χ0) is 18.9. The quantitative estimate of drug-likeness (QED) is 0.810. The van der Waals surface area contributed by atoms with E-state index < -0.39 is 0 Å². The van der Waals surface area contributed by atoms with Crippen LogP contribution in [0.2, 0.25) is 0 Å². The second kappa shape index (κ2) is 11.3. The van der Waals surface area contributed by atoms with Crippen LogP contribution in [0.25, 0.3) is 0 Å². The van der Waals surface area contributed by atoms with Gasteiger partial charge in [0.05, 0.1) is 0 Å². The third kappa shape index (κ3) is 5.93. The molecule has 5 nitrogen and oxygen atoms in total. The average Bonchev–Trinajstić information content (AvgIpc) is 2.67. The summed E-state index contributed by atoms with van der Waals surface area (Å²) in [7, 11) is 1.68. The van der Waals surface area contributed by atoms with E-state index in [-0.39, 0.29) is 12.5 Å². The SMILES string of the molecule is CC1CC(N2CCC(N(C(=O)CO)C3CCCCC3)CC2)C1.CCOC. The molecule has 0 aromatic heterocycles. The van der Waals surface area contributed by atoms with Crippen LogP contribution in [0.4, 0.5) is 0 Å². The molecule has 0 atom stereocenters. The van der Waals surface area contributed by atoms with E-state index in [2.05, 4.69) is 21.5 Å². The molecule has 0 bridgehead atoms. The highest BCUT2D eigenvalue weighted by atomic mass is 16.5. The highest BCUT2D eigenvalue weighted by molar-refractivity contribution is 5.78. The van der Waals surface area contributed by atoms with E-state index >= 15 is 0 Å². The topological polar surface area (TPSA) is 53.0 Å². The number of amides is 1. The van der Waals surface area contributed by atoms with Crippen molar-refractivity contribution >= 4 is 5.91 Å². The fourth-order valence-electron chi connectivity index (χ4n) is 4.83. The summed E-state index contributed by atoms with van der Waals surface area (Å²) in [6.07, 6.45) is 10.9. The Hall–Kier alpha value is -0.650. The molecule has 2 saturated carbocycles. The molecule has 5 heteroatoms. The summed E-state index contributed by atoms with van der Waals surface area (Å²) < 4.78 is 4.54. The Morgan fingerprint density at radius 3 is 2.08 bits per heavy atom. The molecule has 3 aliphatic rings. The summed E-state index contributed by atoms with van der Waals surface area (Å²) in [5, 5.41) is 9.38. The number of ether oxygens (including phenoxy) is 1. The second-order valence-electron chi connectivity index (χ2n) is 8.33. The number of aliphatic hydroxyl groups excluding tert-OH is 1. The highest BCUT2D eigenvalue weighted by Crippen LogP contribution is 2.34. The average molecular weight is 369 g/mol. The first-order valence-corrected chi connectivity index (χ1v) is 10.8. The van der Waals surface area contributed by atoms with Gasteiger partial charge in [-0.2, -0.15) is 0 Å².